The number of carboxylic acids is 2. The average Bonchev–Trinajstić information content (AvgIpc) is 2.52. The molecule has 1 unspecified atom stereocenters. The Kier molecular flexibility index (Phi) is 10.9. The normalized spacial score (nSPS) is 10.9. The van der Waals surface area contributed by atoms with Gasteiger partial charge in [-0.25, -0.2) is 9.59 Å². The molecule has 1 rings (SSSR count). The summed E-state index contributed by atoms with van der Waals surface area (Å²) in [5.74, 6) is -2.46. The molecule has 7 heteroatoms. The Bertz CT molecular complexity index is 470. The highest BCUT2D eigenvalue weighted by Crippen LogP contribution is 2.08. The van der Waals surface area contributed by atoms with Crippen LogP contribution in [0.25, 0.3) is 0 Å². The molecule has 0 aliphatic carbocycles. The molecule has 128 valence electrons. The molecule has 1 aromatic rings. The van der Waals surface area contributed by atoms with E-state index in [0.29, 0.717) is 0 Å². The van der Waals surface area contributed by atoms with Crippen LogP contribution in [-0.4, -0.2) is 28.3 Å². The molecule has 0 aliphatic rings. The van der Waals surface area contributed by atoms with Crippen molar-refractivity contribution in [2.24, 2.45) is 5.34 Å². The van der Waals surface area contributed by atoms with Crippen molar-refractivity contribution in [2.75, 3.05) is 0 Å². The molecular formula is C16H23NO6. The van der Waals surface area contributed by atoms with Gasteiger partial charge in [0.2, 0.25) is 0 Å². The lowest BCUT2D eigenvalue weighted by Crippen LogP contribution is -2.06. The van der Waals surface area contributed by atoms with Crippen LogP contribution in [0.5, 0.6) is 0 Å². The minimum Gasteiger partial charge on any atom is -0.478 e. The number of carboxylic acid groups (broad SMARTS) is 2. The minimum atomic E-state index is -1.23. The van der Waals surface area contributed by atoms with Crippen molar-refractivity contribution in [1.82, 2.24) is 0 Å². The topological polar surface area (TPSA) is 113 Å². The molecule has 0 bridgehead atoms. The first-order valence-electron chi connectivity index (χ1n) is 7.48. The summed E-state index contributed by atoms with van der Waals surface area (Å²) in [6.45, 7) is 4.04. The molecule has 0 saturated carbocycles. The zero-order valence-corrected chi connectivity index (χ0v) is 13.4. The van der Waals surface area contributed by atoms with Crippen molar-refractivity contribution < 1.29 is 24.6 Å². The zero-order chi connectivity index (χ0) is 17.7. The molecule has 0 radical (unpaired) electrons. The first-order chi connectivity index (χ1) is 10.9. The second kappa shape index (κ2) is 12.1. The molecule has 2 N–H and O–H groups in total. The van der Waals surface area contributed by atoms with Crippen molar-refractivity contribution in [3.05, 3.63) is 40.3 Å². The highest BCUT2D eigenvalue weighted by Gasteiger charge is 2.13. The molecule has 7 nitrogen and oxygen atoms in total. The molecule has 1 atom stereocenters. The van der Waals surface area contributed by atoms with E-state index < -0.39 is 11.9 Å². The lowest BCUT2D eigenvalue weighted by atomic mass is 10.1. The van der Waals surface area contributed by atoms with Gasteiger partial charge < -0.3 is 15.1 Å². The van der Waals surface area contributed by atoms with Gasteiger partial charge in [-0.3, -0.25) is 0 Å². The Morgan fingerprint density at radius 3 is 2.00 bits per heavy atom. The summed E-state index contributed by atoms with van der Waals surface area (Å²) in [7, 11) is 0. The van der Waals surface area contributed by atoms with Gasteiger partial charge in [-0.15, -0.1) is 4.91 Å². The van der Waals surface area contributed by atoms with E-state index in [9.17, 15) is 14.5 Å². The predicted molar refractivity (Wildman–Crippen MR) is 85.5 cm³/mol. The van der Waals surface area contributed by atoms with E-state index in [4.69, 9.17) is 10.2 Å². The number of rotatable bonds is 9. The van der Waals surface area contributed by atoms with E-state index in [0.717, 1.165) is 12.8 Å². The maximum atomic E-state index is 10.5. The summed E-state index contributed by atoms with van der Waals surface area (Å²) in [5, 5.41) is 19.5. The Hall–Kier alpha value is -2.44. The fourth-order valence-corrected chi connectivity index (χ4v) is 1.84. The van der Waals surface area contributed by atoms with Crippen molar-refractivity contribution in [2.45, 2.75) is 52.1 Å². The van der Waals surface area contributed by atoms with Crippen molar-refractivity contribution in [3.8, 4) is 0 Å². The molecule has 0 spiro atoms. The summed E-state index contributed by atoms with van der Waals surface area (Å²) >= 11 is 0. The van der Waals surface area contributed by atoms with Gasteiger partial charge in [0.25, 0.3) is 0 Å². The van der Waals surface area contributed by atoms with Gasteiger partial charge in [0.1, 0.15) is 6.10 Å². The highest BCUT2D eigenvalue weighted by molar-refractivity contribution is 6.01. The third kappa shape index (κ3) is 9.23. The molecule has 1 aromatic carbocycles. The van der Waals surface area contributed by atoms with Crippen LogP contribution in [0.4, 0.5) is 0 Å². The van der Waals surface area contributed by atoms with Gasteiger partial charge in [0, 0.05) is 0 Å². The van der Waals surface area contributed by atoms with Crippen LogP contribution in [0.1, 0.15) is 66.7 Å². The van der Waals surface area contributed by atoms with E-state index >= 15 is 0 Å². The quantitative estimate of drug-likeness (QED) is 0.401. The standard InChI is InChI=1S/C8H17NO2.C8H6O4/c1-3-4-5-6-7-8(2)11-9-10;9-7(10)5-3-1-2-4-6(5)8(11)12/h8H,3-7H2,1-2H3;1-4H,(H,9,10)(H,11,12). The van der Waals surface area contributed by atoms with E-state index in [1.54, 1.807) is 0 Å². The number of unbranched alkanes of at least 4 members (excludes halogenated alkanes) is 3. The maximum absolute atomic E-state index is 10.5. The smallest absolute Gasteiger partial charge is 0.336 e. The second-order valence-corrected chi connectivity index (χ2v) is 5.00. The Labute approximate surface area is 135 Å². The third-order valence-corrected chi connectivity index (χ3v) is 3.08. The van der Waals surface area contributed by atoms with E-state index in [1.807, 2.05) is 6.92 Å². The lowest BCUT2D eigenvalue weighted by molar-refractivity contribution is 0.0607. The first-order valence-corrected chi connectivity index (χ1v) is 7.48. The number of hydrogen-bond donors (Lipinski definition) is 2. The molecule has 0 heterocycles. The third-order valence-electron chi connectivity index (χ3n) is 3.08. The molecule has 0 aromatic heterocycles. The zero-order valence-electron chi connectivity index (χ0n) is 13.4. The molecule has 0 saturated heterocycles. The minimum absolute atomic E-state index is 0.00986. The summed E-state index contributed by atoms with van der Waals surface area (Å²) in [4.78, 5) is 35.0. The average molecular weight is 325 g/mol. The van der Waals surface area contributed by atoms with E-state index in [1.165, 1.54) is 43.5 Å². The van der Waals surface area contributed by atoms with Crippen LogP contribution < -0.4 is 0 Å². The molecule has 0 amide bonds. The predicted octanol–water partition coefficient (Wildman–Crippen LogP) is 4.13. The first kappa shape index (κ1) is 20.6. The maximum Gasteiger partial charge on any atom is 0.336 e. The fraction of sp³-hybridized carbons (Fsp3) is 0.500. The second-order valence-electron chi connectivity index (χ2n) is 5.00. The van der Waals surface area contributed by atoms with Crippen LogP contribution >= 0.6 is 0 Å². The van der Waals surface area contributed by atoms with Crippen molar-refractivity contribution >= 4 is 11.9 Å². The van der Waals surface area contributed by atoms with Gasteiger partial charge >= 0.3 is 11.9 Å². The molecule has 23 heavy (non-hydrogen) atoms. The number of carbonyl (C=O) groups is 2. The number of nitrogens with zero attached hydrogens (tertiary/aromatic N) is 1. The summed E-state index contributed by atoms with van der Waals surface area (Å²) in [5.41, 5.74) is -0.380. The summed E-state index contributed by atoms with van der Waals surface area (Å²) in [6.07, 6.45) is 5.78. The van der Waals surface area contributed by atoms with Crippen LogP contribution in [-0.2, 0) is 4.84 Å². The van der Waals surface area contributed by atoms with Gasteiger partial charge in [-0.05, 0) is 31.9 Å². The Balaban J connectivity index is 0.000000423. The van der Waals surface area contributed by atoms with Gasteiger partial charge in [0.15, 0.2) is 5.34 Å². The largest absolute Gasteiger partial charge is 0.478 e. The van der Waals surface area contributed by atoms with E-state index in [-0.39, 0.29) is 17.2 Å². The van der Waals surface area contributed by atoms with Gasteiger partial charge in [-0.2, -0.15) is 0 Å². The van der Waals surface area contributed by atoms with Crippen molar-refractivity contribution in [1.29, 1.82) is 0 Å². The molecular weight excluding hydrogens is 302 g/mol. The van der Waals surface area contributed by atoms with Crippen LogP contribution in [0.15, 0.2) is 29.6 Å². The van der Waals surface area contributed by atoms with Crippen molar-refractivity contribution in [3.63, 3.8) is 0 Å². The summed E-state index contributed by atoms with van der Waals surface area (Å²) in [6, 6.07) is 5.48. The summed E-state index contributed by atoms with van der Waals surface area (Å²) < 4.78 is 0. The van der Waals surface area contributed by atoms with Gasteiger partial charge in [0.05, 0.1) is 11.1 Å². The lowest BCUT2D eigenvalue weighted by Gasteiger charge is -2.05. The Morgan fingerprint density at radius 1 is 1.09 bits per heavy atom. The number of hydrogen-bond acceptors (Lipinski definition) is 5. The van der Waals surface area contributed by atoms with Gasteiger partial charge in [-0.1, -0.05) is 38.3 Å². The highest BCUT2D eigenvalue weighted by atomic mass is 16.7. The number of aromatic carboxylic acids is 2. The molecule has 0 fully saturated rings. The van der Waals surface area contributed by atoms with Crippen LogP contribution in [0.3, 0.4) is 0 Å². The Morgan fingerprint density at radius 2 is 1.61 bits per heavy atom. The SMILES string of the molecule is CCCCCCC(C)ON=O.O=C(O)c1ccccc1C(=O)O. The van der Waals surface area contributed by atoms with Crippen LogP contribution in [0.2, 0.25) is 0 Å². The fourth-order valence-electron chi connectivity index (χ4n) is 1.84. The molecule has 0 aliphatic heterocycles. The monoisotopic (exact) mass is 325 g/mol. The number of benzene rings is 1. The van der Waals surface area contributed by atoms with E-state index in [2.05, 4.69) is 17.1 Å². The van der Waals surface area contributed by atoms with Crippen LogP contribution in [0, 0.1) is 4.91 Å².